The van der Waals surface area contributed by atoms with Crippen molar-refractivity contribution in [2.45, 2.75) is 46.2 Å². The van der Waals surface area contributed by atoms with E-state index in [2.05, 4.69) is 10.6 Å². The van der Waals surface area contributed by atoms with Crippen molar-refractivity contribution in [2.24, 2.45) is 0 Å². The molecule has 162 valence electrons. The molecule has 2 aromatic carbocycles. The monoisotopic (exact) mass is 431 g/mol. The zero-order valence-electron chi connectivity index (χ0n) is 18.0. The number of para-hydroxylation sites is 1. The topological polar surface area (TPSA) is 95.6 Å². The molecule has 8 heteroatoms. The molecule has 0 aliphatic carbocycles. The van der Waals surface area contributed by atoms with Gasteiger partial charge in [-0.05, 0) is 51.5 Å². The Morgan fingerprint density at radius 3 is 2.17 bits per heavy atom. The van der Waals surface area contributed by atoms with Crippen molar-refractivity contribution in [3.05, 3.63) is 59.7 Å². The summed E-state index contributed by atoms with van der Waals surface area (Å²) in [7, 11) is -3.73. The van der Waals surface area contributed by atoms with Gasteiger partial charge >= 0.3 is 0 Å². The fraction of sp³-hybridized carbons (Fsp3) is 0.364. The largest absolute Gasteiger partial charge is 0.350 e. The van der Waals surface area contributed by atoms with E-state index in [1.807, 2.05) is 20.8 Å². The molecule has 7 nitrogen and oxygen atoms in total. The lowest BCUT2D eigenvalue weighted by Crippen LogP contribution is -2.47. The highest BCUT2D eigenvalue weighted by Gasteiger charge is 2.32. The zero-order valence-corrected chi connectivity index (χ0v) is 18.8. The van der Waals surface area contributed by atoms with Gasteiger partial charge in [-0.2, -0.15) is 0 Å². The van der Waals surface area contributed by atoms with E-state index < -0.39 is 22.0 Å². The van der Waals surface area contributed by atoms with E-state index in [0.29, 0.717) is 16.9 Å². The standard InChI is InChI=1S/C22H29N3O4S/c1-6-20(25(30(5,28)29)17-13-11-16(4)12-14-17)22(27)24-19-10-8-7-9-18(19)21(26)23-15(2)3/h7-15,20H,6H2,1-5H3,(H,23,26)(H,24,27)/t20-/m1/s1. The van der Waals surface area contributed by atoms with Crippen molar-refractivity contribution in [3.8, 4) is 0 Å². The molecule has 0 unspecified atom stereocenters. The number of nitrogens with zero attached hydrogens (tertiary/aromatic N) is 1. The smallest absolute Gasteiger partial charge is 0.253 e. The number of anilines is 2. The molecule has 2 amide bonds. The number of carbonyl (C=O) groups is 2. The lowest BCUT2D eigenvalue weighted by molar-refractivity contribution is -0.117. The molecule has 0 aromatic heterocycles. The molecule has 0 bridgehead atoms. The summed E-state index contributed by atoms with van der Waals surface area (Å²) in [6, 6.07) is 12.6. The van der Waals surface area contributed by atoms with Gasteiger partial charge in [0, 0.05) is 6.04 Å². The van der Waals surface area contributed by atoms with Crippen molar-refractivity contribution in [2.75, 3.05) is 15.9 Å². The molecule has 2 aromatic rings. The SMILES string of the molecule is CC[C@H](C(=O)Nc1ccccc1C(=O)NC(C)C)N(c1ccc(C)cc1)S(C)(=O)=O. The van der Waals surface area contributed by atoms with Crippen LogP contribution < -0.4 is 14.9 Å². The van der Waals surface area contributed by atoms with E-state index in [9.17, 15) is 18.0 Å². The summed E-state index contributed by atoms with van der Waals surface area (Å²) in [5, 5.41) is 5.54. The lowest BCUT2D eigenvalue weighted by Gasteiger charge is -2.30. The summed E-state index contributed by atoms with van der Waals surface area (Å²) in [6.07, 6.45) is 1.33. The van der Waals surface area contributed by atoms with Crippen LogP contribution in [0, 0.1) is 6.92 Å². The van der Waals surface area contributed by atoms with E-state index in [1.54, 1.807) is 55.5 Å². The Bertz CT molecular complexity index is 1000. The van der Waals surface area contributed by atoms with Crippen molar-refractivity contribution in [3.63, 3.8) is 0 Å². The minimum Gasteiger partial charge on any atom is -0.350 e. The number of hydrogen-bond acceptors (Lipinski definition) is 4. The number of amides is 2. The van der Waals surface area contributed by atoms with E-state index in [4.69, 9.17) is 0 Å². The molecule has 0 saturated carbocycles. The summed E-state index contributed by atoms with van der Waals surface area (Å²) in [6.45, 7) is 7.33. The number of rotatable bonds is 8. The molecule has 0 aliphatic heterocycles. The molecule has 0 aliphatic rings. The number of nitrogens with one attached hydrogen (secondary N) is 2. The van der Waals surface area contributed by atoms with E-state index in [0.717, 1.165) is 16.1 Å². The number of sulfonamides is 1. The number of aryl methyl sites for hydroxylation is 1. The maximum Gasteiger partial charge on any atom is 0.253 e. The predicted octanol–water partition coefficient (Wildman–Crippen LogP) is 3.32. The van der Waals surface area contributed by atoms with Crippen molar-refractivity contribution < 1.29 is 18.0 Å². The van der Waals surface area contributed by atoms with Gasteiger partial charge in [-0.15, -0.1) is 0 Å². The fourth-order valence-corrected chi connectivity index (χ4v) is 4.31. The van der Waals surface area contributed by atoms with Gasteiger partial charge < -0.3 is 10.6 Å². The van der Waals surface area contributed by atoms with Crippen LogP contribution in [0.15, 0.2) is 48.5 Å². The van der Waals surface area contributed by atoms with Crippen LogP contribution in [0.25, 0.3) is 0 Å². The third kappa shape index (κ3) is 5.82. The van der Waals surface area contributed by atoms with Gasteiger partial charge in [0.1, 0.15) is 6.04 Å². The van der Waals surface area contributed by atoms with Crippen LogP contribution in [0.4, 0.5) is 11.4 Å². The molecular weight excluding hydrogens is 402 g/mol. The molecule has 0 heterocycles. The molecular formula is C22H29N3O4S. The van der Waals surface area contributed by atoms with Crippen LogP contribution in [-0.2, 0) is 14.8 Å². The van der Waals surface area contributed by atoms with Gasteiger partial charge in [0.25, 0.3) is 5.91 Å². The van der Waals surface area contributed by atoms with Crippen LogP contribution >= 0.6 is 0 Å². The quantitative estimate of drug-likeness (QED) is 0.670. The Morgan fingerprint density at radius 1 is 1.03 bits per heavy atom. The summed E-state index contributed by atoms with van der Waals surface area (Å²) in [4.78, 5) is 25.6. The van der Waals surface area contributed by atoms with Crippen molar-refractivity contribution >= 4 is 33.2 Å². The molecule has 1 atom stereocenters. The molecule has 30 heavy (non-hydrogen) atoms. The predicted molar refractivity (Wildman–Crippen MR) is 120 cm³/mol. The summed E-state index contributed by atoms with van der Waals surface area (Å²) in [5.41, 5.74) is 2.04. The summed E-state index contributed by atoms with van der Waals surface area (Å²) in [5.74, 6) is -0.819. The fourth-order valence-electron chi connectivity index (χ4n) is 3.10. The van der Waals surface area contributed by atoms with E-state index >= 15 is 0 Å². The van der Waals surface area contributed by atoms with Crippen LogP contribution in [0.5, 0.6) is 0 Å². The van der Waals surface area contributed by atoms with Gasteiger partial charge in [-0.1, -0.05) is 36.8 Å². The Labute approximate surface area is 178 Å². The molecule has 0 fully saturated rings. The van der Waals surface area contributed by atoms with Crippen LogP contribution in [0.2, 0.25) is 0 Å². The maximum atomic E-state index is 13.1. The van der Waals surface area contributed by atoms with Gasteiger partial charge in [-0.3, -0.25) is 13.9 Å². The molecule has 0 spiro atoms. The van der Waals surface area contributed by atoms with Crippen LogP contribution in [0.1, 0.15) is 43.1 Å². The molecule has 2 rings (SSSR count). The first-order valence-electron chi connectivity index (χ1n) is 9.81. The van der Waals surface area contributed by atoms with E-state index in [1.165, 1.54) is 0 Å². The van der Waals surface area contributed by atoms with Crippen molar-refractivity contribution in [1.82, 2.24) is 5.32 Å². The summed E-state index contributed by atoms with van der Waals surface area (Å²) >= 11 is 0. The highest BCUT2D eigenvalue weighted by Crippen LogP contribution is 2.24. The Morgan fingerprint density at radius 2 is 1.63 bits per heavy atom. The first kappa shape index (κ1) is 23.4. The summed E-state index contributed by atoms with van der Waals surface area (Å²) < 4.78 is 26.2. The third-order valence-electron chi connectivity index (χ3n) is 4.47. The normalized spacial score (nSPS) is 12.3. The number of carbonyl (C=O) groups excluding carboxylic acids is 2. The average Bonchev–Trinajstić information content (AvgIpc) is 2.65. The number of benzene rings is 2. The van der Waals surface area contributed by atoms with Gasteiger partial charge in [0.2, 0.25) is 15.9 Å². The first-order valence-corrected chi connectivity index (χ1v) is 11.7. The highest BCUT2D eigenvalue weighted by atomic mass is 32.2. The number of hydrogen-bond donors (Lipinski definition) is 2. The first-order chi connectivity index (χ1) is 14.0. The van der Waals surface area contributed by atoms with Crippen molar-refractivity contribution in [1.29, 1.82) is 0 Å². The van der Waals surface area contributed by atoms with Gasteiger partial charge in [-0.25, -0.2) is 8.42 Å². The van der Waals surface area contributed by atoms with Gasteiger partial charge in [0.15, 0.2) is 0 Å². The second kappa shape index (κ2) is 9.75. The Balaban J connectivity index is 2.38. The second-order valence-electron chi connectivity index (χ2n) is 7.48. The van der Waals surface area contributed by atoms with Crippen LogP contribution in [0.3, 0.4) is 0 Å². The van der Waals surface area contributed by atoms with Crippen LogP contribution in [-0.4, -0.2) is 38.6 Å². The van der Waals surface area contributed by atoms with E-state index in [-0.39, 0.29) is 18.4 Å². The average molecular weight is 432 g/mol. The second-order valence-corrected chi connectivity index (χ2v) is 9.34. The third-order valence-corrected chi connectivity index (χ3v) is 5.65. The highest BCUT2D eigenvalue weighted by molar-refractivity contribution is 7.92. The zero-order chi connectivity index (χ0) is 22.5. The maximum absolute atomic E-state index is 13.1. The molecule has 2 N–H and O–H groups in total. The Kier molecular flexibility index (Phi) is 7.61. The minimum absolute atomic E-state index is 0.0630. The van der Waals surface area contributed by atoms with Gasteiger partial charge in [0.05, 0.1) is 23.2 Å². The lowest BCUT2D eigenvalue weighted by atomic mass is 10.1. The minimum atomic E-state index is -3.73. The Hall–Kier alpha value is -2.87. The molecule has 0 saturated heterocycles. The molecule has 0 radical (unpaired) electrons.